The van der Waals surface area contributed by atoms with Gasteiger partial charge in [0.2, 0.25) is 0 Å². The van der Waals surface area contributed by atoms with E-state index < -0.39 is 6.10 Å². The Morgan fingerprint density at radius 2 is 0.606 bits per heavy atom. The van der Waals surface area contributed by atoms with Crippen molar-refractivity contribution in [3.8, 4) is 0 Å². The molecule has 0 saturated heterocycles. The normalized spacial score (nSPS) is 13.0. The van der Waals surface area contributed by atoms with E-state index in [9.17, 15) is 14.4 Å². The first-order valence-corrected chi connectivity index (χ1v) is 27.0. The molecule has 0 saturated carbocycles. The Hall–Kier alpha value is -3.93. The summed E-state index contributed by atoms with van der Waals surface area (Å²) >= 11 is 0. The van der Waals surface area contributed by atoms with Crippen molar-refractivity contribution in [1.29, 1.82) is 0 Å². The van der Waals surface area contributed by atoms with E-state index in [1.807, 2.05) is 48.6 Å². The van der Waals surface area contributed by atoms with Crippen molar-refractivity contribution in [3.63, 3.8) is 0 Å². The van der Waals surface area contributed by atoms with Gasteiger partial charge in [0.1, 0.15) is 13.2 Å². The summed E-state index contributed by atoms with van der Waals surface area (Å²) in [7, 11) is 0. The summed E-state index contributed by atoms with van der Waals surface area (Å²) in [6.45, 7) is 6.31. The van der Waals surface area contributed by atoms with Crippen molar-refractivity contribution in [3.05, 3.63) is 109 Å². The highest BCUT2D eigenvalue weighted by Gasteiger charge is 2.19. The smallest absolute Gasteiger partial charge is 0.306 e. The van der Waals surface area contributed by atoms with E-state index in [2.05, 4.69) is 81.5 Å². The number of carbonyl (C=O) groups excluding carboxylic acids is 3. The number of hydrogen-bond donors (Lipinski definition) is 0. The molecule has 0 fully saturated rings. The van der Waals surface area contributed by atoms with Crippen LogP contribution in [0.2, 0.25) is 0 Å². The molecule has 6 heteroatoms. The molecular weight excluding hydrogens is 817 g/mol. The summed E-state index contributed by atoms with van der Waals surface area (Å²) in [4.78, 5) is 38.1. The molecule has 0 rings (SSSR count). The minimum atomic E-state index is -0.811. The first-order chi connectivity index (χ1) is 32.5. The second-order valence-corrected chi connectivity index (χ2v) is 17.6. The molecule has 0 radical (unpaired) electrons. The Bertz CT molecular complexity index is 1370. The maximum Gasteiger partial charge on any atom is 0.306 e. The van der Waals surface area contributed by atoms with E-state index in [0.717, 1.165) is 89.9 Å². The van der Waals surface area contributed by atoms with Crippen LogP contribution in [-0.4, -0.2) is 37.2 Å². The van der Waals surface area contributed by atoms with Crippen molar-refractivity contribution in [2.45, 2.75) is 239 Å². The van der Waals surface area contributed by atoms with Crippen LogP contribution >= 0.6 is 0 Å². The van der Waals surface area contributed by atoms with E-state index in [1.165, 1.54) is 96.3 Å². The van der Waals surface area contributed by atoms with Crippen LogP contribution in [0.25, 0.3) is 0 Å². The quantitative estimate of drug-likeness (QED) is 0.0199. The van der Waals surface area contributed by atoms with Crippen molar-refractivity contribution < 1.29 is 28.6 Å². The average Bonchev–Trinajstić information content (AvgIpc) is 3.31. The van der Waals surface area contributed by atoms with Crippen molar-refractivity contribution in [2.75, 3.05) is 13.2 Å². The SMILES string of the molecule is CC\C=C/C=C\C=C/C=C\C=C/CCCCCC(=O)OC(COC(=O)CCCCCCC/C=C\CCCCCCCCCCC)COC(=O)CCCCCCCCC\C=C/C=C\C=C/CC. The molecule has 0 N–H and O–H groups in total. The molecule has 0 heterocycles. The summed E-state index contributed by atoms with van der Waals surface area (Å²) in [5.74, 6) is -0.970. The number of esters is 3. The fraction of sp³-hybridized carbons (Fsp3) is 0.650. The summed E-state index contributed by atoms with van der Waals surface area (Å²) in [5, 5.41) is 0. The lowest BCUT2D eigenvalue weighted by Gasteiger charge is -2.18. The Kier molecular flexibility index (Phi) is 50.5. The molecule has 0 aromatic heterocycles. The van der Waals surface area contributed by atoms with Gasteiger partial charge in [0.25, 0.3) is 0 Å². The van der Waals surface area contributed by atoms with Gasteiger partial charge in [0.05, 0.1) is 0 Å². The Morgan fingerprint density at radius 1 is 0.318 bits per heavy atom. The van der Waals surface area contributed by atoms with Gasteiger partial charge in [-0.2, -0.15) is 0 Å². The van der Waals surface area contributed by atoms with Crippen LogP contribution in [0.15, 0.2) is 109 Å². The molecule has 6 nitrogen and oxygen atoms in total. The van der Waals surface area contributed by atoms with Crippen LogP contribution in [0.1, 0.15) is 233 Å². The summed E-state index contributed by atoms with van der Waals surface area (Å²) < 4.78 is 16.8. The van der Waals surface area contributed by atoms with Gasteiger partial charge in [-0.3, -0.25) is 14.4 Å². The van der Waals surface area contributed by atoms with Crippen molar-refractivity contribution >= 4 is 17.9 Å². The molecule has 1 unspecified atom stereocenters. The first kappa shape index (κ1) is 62.1. The Morgan fingerprint density at radius 3 is 0.985 bits per heavy atom. The van der Waals surface area contributed by atoms with Gasteiger partial charge >= 0.3 is 17.9 Å². The molecule has 1 atom stereocenters. The predicted molar refractivity (Wildman–Crippen MR) is 283 cm³/mol. The lowest BCUT2D eigenvalue weighted by atomic mass is 10.1. The fourth-order valence-electron chi connectivity index (χ4n) is 7.16. The van der Waals surface area contributed by atoms with Gasteiger partial charge in [-0.25, -0.2) is 0 Å². The zero-order valence-electron chi connectivity index (χ0n) is 42.7. The standard InChI is InChI=1S/C60H98O6/c1-4-7-10-13-16-19-22-25-28-29-30-33-35-38-41-44-47-50-53-59(62)65-56-57(66-60(63)54-51-48-45-42-39-36-32-27-24-21-18-15-12-9-6-3)55-64-58(61)52-49-46-43-40-37-34-31-26-23-20-17-14-11-8-5-2/h8-9,11-12,14-15,17-18,20-21,23-24,27,30,32-33,36,39,57H,4-7,10,13,16,19,22,25-26,28-29,31,34-35,37-38,40-56H2,1-3H3/b11-8-,12-9-,17-14-,18-15-,23-20-,24-21-,32-27-,33-30-,39-36-. The number of rotatable bonds is 47. The number of unbranched alkanes of at least 4 members (excludes halogenated alkanes) is 24. The van der Waals surface area contributed by atoms with E-state index >= 15 is 0 Å². The highest BCUT2D eigenvalue weighted by atomic mass is 16.6. The van der Waals surface area contributed by atoms with Crippen LogP contribution in [0.4, 0.5) is 0 Å². The molecule has 0 aliphatic carbocycles. The van der Waals surface area contributed by atoms with Crippen LogP contribution in [0, 0.1) is 0 Å². The van der Waals surface area contributed by atoms with E-state index in [1.54, 1.807) is 0 Å². The first-order valence-electron chi connectivity index (χ1n) is 27.0. The van der Waals surface area contributed by atoms with Crippen LogP contribution in [-0.2, 0) is 28.6 Å². The van der Waals surface area contributed by atoms with Crippen LogP contribution in [0.5, 0.6) is 0 Å². The minimum absolute atomic E-state index is 0.105. The van der Waals surface area contributed by atoms with Gasteiger partial charge in [-0.05, 0) is 83.5 Å². The molecule has 0 aromatic rings. The van der Waals surface area contributed by atoms with Gasteiger partial charge in [-0.1, -0.05) is 239 Å². The number of allylic oxidation sites excluding steroid dienone is 18. The van der Waals surface area contributed by atoms with Crippen LogP contribution < -0.4 is 0 Å². The number of hydrogen-bond acceptors (Lipinski definition) is 6. The lowest BCUT2D eigenvalue weighted by molar-refractivity contribution is -0.167. The summed E-state index contributed by atoms with van der Waals surface area (Å²) in [5.41, 5.74) is 0. The maximum absolute atomic E-state index is 12.8. The third-order valence-corrected chi connectivity index (χ3v) is 11.2. The topological polar surface area (TPSA) is 78.9 Å². The second kappa shape index (κ2) is 53.7. The molecule has 374 valence electrons. The highest BCUT2D eigenvalue weighted by molar-refractivity contribution is 5.71. The molecule has 66 heavy (non-hydrogen) atoms. The molecule has 0 aromatic carbocycles. The lowest BCUT2D eigenvalue weighted by Crippen LogP contribution is -2.30. The third kappa shape index (κ3) is 51.1. The van der Waals surface area contributed by atoms with Crippen LogP contribution in [0.3, 0.4) is 0 Å². The fourth-order valence-corrected chi connectivity index (χ4v) is 7.16. The monoisotopic (exact) mass is 915 g/mol. The summed E-state index contributed by atoms with van der Waals surface area (Å²) in [6.07, 6.45) is 72.2. The predicted octanol–water partition coefficient (Wildman–Crippen LogP) is 17.9. The molecule has 0 spiro atoms. The number of ether oxygens (including phenoxy) is 3. The number of carbonyl (C=O) groups is 3. The molecular formula is C60H98O6. The van der Waals surface area contributed by atoms with Gasteiger partial charge in [0.15, 0.2) is 6.10 Å². The second-order valence-electron chi connectivity index (χ2n) is 17.6. The average molecular weight is 915 g/mol. The zero-order chi connectivity index (χ0) is 47.9. The van der Waals surface area contributed by atoms with Crippen molar-refractivity contribution in [2.24, 2.45) is 0 Å². The Labute approximate surface area is 406 Å². The zero-order valence-corrected chi connectivity index (χ0v) is 42.7. The van der Waals surface area contributed by atoms with E-state index in [0.29, 0.717) is 19.3 Å². The molecule has 0 bridgehead atoms. The van der Waals surface area contributed by atoms with E-state index in [4.69, 9.17) is 14.2 Å². The largest absolute Gasteiger partial charge is 0.462 e. The molecule has 0 amide bonds. The maximum atomic E-state index is 12.8. The van der Waals surface area contributed by atoms with Gasteiger partial charge in [0, 0.05) is 19.3 Å². The van der Waals surface area contributed by atoms with Crippen molar-refractivity contribution in [1.82, 2.24) is 0 Å². The third-order valence-electron chi connectivity index (χ3n) is 11.2. The summed E-state index contributed by atoms with van der Waals surface area (Å²) in [6, 6.07) is 0. The molecule has 0 aliphatic rings. The van der Waals surface area contributed by atoms with Gasteiger partial charge in [-0.15, -0.1) is 0 Å². The minimum Gasteiger partial charge on any atom is -0.462 e. The van der Waals surface area contributed by atoms with Gasteiger partial charge < -0.3 is 14.2 Å². The highest BCUT2D eigenvalue weighted by Crippen LogP contribution is 2.14. The molecule has 0 aliphatic heterocycles. The van der Waals surface area contributed by atoms with E-state index in [-0.39, 0.29) is 37.5 Å². The Balaban J connectivity index is 4.48.